The van der Waals surface area contributed by atoms with Crippen LogP contribution in [-0.4, -0.2) is 38.1 Å². The summed E-state index contributed by atoms with van der Waals surface area (Å²) in [6, 6.07) is 15.0. The van der Waals surface area contributed by atoms with Crippen molar-refractivity contribution in [3.63, 3.8) is 0 Å². The maximum atomic E-state index is 12.5. The lowest BCUT2D eigenvalue weighted by Gasteiger charge is -2.31. The van der Waals surface area contributed by atoms with Crippen LogP contribution in [0.15, 0.2) is 59.5 Å². The lowest BCUT2D eigenvalue weighted by atomic mass is 9.97. The third-order valence-electron chi connectivity index (χ3n) is 4.74. The van der Waals surface area contributed by atoms with E-state index in [0.717, 1.165) is 25.1 Å². The second kappa shape index (κ2) is 7.13. The number of nitrogens with zero attached hydrogens (tertiary/aromatic N) is 4. The van der Waals surface area contributed by atoms with Crippen LogP contribution in [-0.2, 0) is 11.5 Å². The summed E-state index contributed by atoms with van der Waals surface area (Å²) in [6.07, 6.45) is 3.50. The Bertz CT molecular complexity index is 963. The van der Waals surface area contributed by atoms with E-state index in [1.54, 1.807) is 6.20 Å². The fraction of sp³-hybridized carbons (Fsp3) is 0.316. The summed E-state index contributed by atoms with van der Waals surface area (Å²) in [5.74, 6) is -0.0556. The first-order valence-corrected chi connectivity index (χ1v) is 8.83. The molecule has 1 aliphatic rings. The summed E-state index contributed by atoms with van der Waals surface area (Å²) >= 11 is 0. The molecular formula is C19H21N5O2. The zero-order chi connectivity index (χ0) is 17.9. The third kappa shape index (κ3) is 3.39. The Balaban J connectivity index is 1.44. The predicted octanol–water partition coefficient (Wildman–Crippen LogP) is 1.80. The summed E-state index contributed by atoms with van der Waals surface area (Å²) in [5.41, 5.74) is 1.29. The number of fused-ring (bicyclic) bond motifs is 1. The Morgan fingerprint density at radius 3 is 2.77 bits per heavy atom. The number of anilines is 1. The van der Waals surface area contributed by atoms with Gasteiger partial charge in [0.25, 0.3) is 0 Å². The Hall–Kier alpha value is -2.93. The van der Waals surface area contributed by atoms with Crippen molar-refractivity contribution >= 4 is 17.2 Å². The summed E-state index contributed by atoms with van der Waals surface area (Å²) in [7, 11) is 0. The van der Waals surface area contributed by atoms with Gasteiger partial charge >= 0.3 is 5.69 Å². The zero-order valence-corrected chi connectivity index (χ0v) is 14.4. The fourth-order valence-electron chi connectivity index (χ4n) is 3.41. The highest BCUT2D eigenvalue weighted by molar-refractivity contribution is 5.92. The molecule has 3 aromatic rings. The molecule has 1 atom stereocenters. The number of likely N-dealkylation sites (tertiary alicyclic amines) is 1. The number of hydrogen-bond donors (Lipinski definition) is 1. The monoisotopic (exact) mass is 351 g/mol. The Labute approximate surface area is 150 Å². The number of benzene rings is 1. The number of carbonyl (C=O) groups excluding carboxylic acids is 1. The minimum Gasteiger partial charge on any atom is -0.326 e. The van der Waals surface area contributed by atoms with E-state index in [4.69, 9.17) is 0 Å². The summed E-state index contributed by atoms with van der Waals surface area (Å²) in [6.45, 7) is 1.88. The van der Waals surface area contributed by atoms with Crippen LogP contribution in [0.1, 0.15) is 12.8 Å². The summed E-state index contributed by atoms with van der Waals surface area (Å²) in [5, 5.41) is 7.34. The van der Waals surface area contributed by atoms with E-state index in [-0.39, 0.29) is 17.5 Å². The van der Waals surface area contributed by atoms with E-state index in [1.807, 2.05) is 48.5 Å². The van der Waals surface area contributed by atoms with Crippen LogP contribution in [0, 0.1) is 5.92 Å². The molecule has 4 rings (SSSR count). The Morgan fingerprint density at radius 1 is 1.15 bits per heavy atom. The van der Waals surface area contributed by atoms with Crippen LogP contribution < -0.4 is 11.0 Å². The van der Waals surface area contributed by atoms with Crippen LogP contribution in [0.5, 0.6) is 0 Å². The molecule has 2 aromatic heterocycles. The van der Waals surface area contributed by atoms with E-state index in [2.05, 4.69) is 15.3 Å². The molecule has 0 bridgehead atoms. The second-order valence-corrected chi connectivity index (χ2v) is 6.62. The molecule has 0 radical (unpaired) electrons. The minimum absolute atomic E-state index is 0.0308. The number of amides is 1. The first kappa shape index (κ1) is 16.5. The molecule has 1 saturated heterocycles. The van der Waals surface area contributed by atoms with Gasteiger partial charge in [0.05, 0.1) is 12.6 Å². The number of pyridine rings is 1. The van der Waals surface area contributed by atoms with Crippen molar-refractivity contribution in [3.05, 3.63) is 65.2 Å². The van der Waals surface area contributed by atoms with Gasteiger partial charge in [0.15, 0.2) is 5.65 Å². The van der Waals surface area contributed by atoms with Gasteiger partial charge in [0, 0.05) is 18.4 Å². The maximum absolute atomic E-state index is 12.5. The molecule has 134 valence electrons. The topological polar surface area (TPSA) is 71.6 Å². The number of para-hydroxylation sites is 1. The van der Waals surface area contributed by atoms with Crippen molar-refractivity contribution in [1.82, 2.24) is 19.1 Å². The van der Waals surface area contributed by atoms with Crippen molar-refractivity contribution in [3.8, 4) is 0 Å². The van der Waals surface area contributed by atoms with E-state index >= 15 is 0 Å². The molecule has 0 saturated carbocycles. The van der Waals surface area contributed by atoms with Crippen molar-refractivity contribution < 1.29 is 4.79 Å². The molecule has 1 aromatic carbocycles. The highest BCUT2D eigenvalue weighted by Crippen LogP contribution is 2.19. The number of carbonyl (C=O) groups is 1. The van der Waals surface area contributed by atoms with Gasteiger partial charge in [-0.05, 0) is 43.7 Å². The molecule has 0 spiro atoms. The number of nitrogens with one attached hydrogen (secondary N) is 1. The second-order valence-electron chi connectivity index (χ2n) is 6.62. The van der Waals surface area contributed by atoms with Gasteiger partial charge in [-0.15, -0.1) is 5.10 Å². The third-order valence-corrected chi connectivity index (χ3v) is 4.74. The van der Waals surface area contributed by atoms with Crippen molar-refractivity contribution in [2.45, 2.75) is 19.5 Å². The van der Waals surface area contributed by atoms with E-state index in [1.165, 1.54) is 9.08 Å². The van der Waals surface area contributed by atoms with Crippen molar-refractivity contribution in [2.24, 2.45) is 5.92 Å². The molecule has 7 nitrogen and oxygen atoms in total. The van der Waals surface area contributed by atoms with Gasteiger partial charge in [-0.3, -0.25) is 14.1 Å². The molecular weight excluding hydrogens is 330 g/mol. The van der Waals surface area contributed by atoms with Gasteiger partial charge < -0.3 is 5.32 Å². The standard InChI is InChI=1S/C19H21N5O2/c25-18(20-16-8-2-1-3-9-16)15-7-6-11-22(13-15)14-24-19(26)23-12-5-4-10-17(23)21-24/h1-5,8-10,12,15H,6-7,11,13-14H2,(H,20,25)/t15-/m1/s1. The largest absolute Gasteiger partial charge is 0.351 e. The average Bonchev–Trinajstić information content (AvgIpc) is 2.99. The van der Waals surface area contributed by atoms with Crippen LogP contribution >= 0.6 is 0 Å². The molecule has 1 fully saturated rings. The Morgan fingerprint density at radius 2 is 1.96 bits per heavy atom. The lowest BCUT2D eigenvalue weighted by molar-refractivity contribution is -0.121. The van der Waals surface area contributed by atoms with Gasteiger partial charge in [0.2, 0.25) is 5.91 Å². The highest BCUT2D eigenvalue weighted by atomic mass is 16.2. The van der Waals surface area contributed by atoms with Gasteiger partial charge in [-0.1, -0.05) is 24.3 Å². The molecule has 1 N–H and O–H groups in total. The van der Waals surface area contributed by atoms with Crippen LogP contribution in [0.4, 0.5) is 5.69 Å². The first-order valence-electron chi connectivity index (χ1n) is 8.83. The summed E-state index contributed by atoms with van der Waals surface area (Å²) in [4.78, 5) is 27.1. The average molecular weight is 351 g/mol. The van der Waals surface area contributed by atoms with Crippen molar-refractivity contribution in [1.29, 1.82) is 0 Å². The Kier molecular flexibility index (Phi) is 4.53. The molecule has 26 heavy (non-hydrogen) atoms. The smallest absolute Gasteiger partial charge is 0.326 e. The molecule has 1 amide bonds. The number of aromatic nitrogens is 3. The van der Waals surface area contributed by atoms with Crippen molar-refractivity contribution in [2.75, 3.05) is 18.4 Å². The van der Waals surface area contributed by atoms with Crippen LogP contribution in [0.3, 0.4) is 0 Å². The van der Waals surface area contributed by atoms with E-state index < -0.39 is 0 Å². The van der Waals surface area contributed by atoms with Gasteiger partial charge in [0.1, 0.15) is 0 Å². The lowest BCUT2D eigenvalue weighted by Crippen LogP contribution is -2.43. The number of rotatable bonds is 4. The summed E-state index contributed by atoms with van der Waals surface area (Å²) < 4.78 is 3.00. The van der Waals surface area contributed by atoms with E-state index in [9.17, 15) is 9.59 Å². The van der Waals surface area contributed by atoms with Crippen LogP contribution in [0.2, 0.25) is 0 Å². The maximum Gasteiger partial charge on any atom is 0.351 e. The predicted molar refractivity (Wildman–Crippen MR) is 98.8 cm³/mol. The number of hydrogen-bond acceptors (Lipinski definition) is 4. The van der Waals surface area contributed by atoms with Gasteiger partial charge in [-0.2, -0.15) is 4.68 Å². The van der Waals surface area contributed by atoms with Crippen LogP contribution in [0.25, 0.3) is 5.65 Å². The highest BCUT2D eigenvalue weighted by Gasteiger charge is 2.26. The minimum atomic E-state index is -0.156. The molecule has 3 heterocycles. The normalized spacial score (nSPS) is 18.1. The number of piperidine rings is 1. The molecule has 7 heteroatoms. The SMILES string of the molecule is O=C(Nc1ccccc1)[C@@H]1CCCN(Cn2nc3ccccn3c2=O)C1. The van der Waals surface area contributed by atoms with Gasteiger partial charge in [-0.25, -0.2) is 4.79 Å². The quantitative estimate of drug-likeness (QED) is 0.778. The molecule has 0 aliphatic carbocycles. The van der Waals surface area contributed by atoms with E-state index in [0.29, 0.717) is 18.9 Å². The zero-order valence-electron chi connectivity index (χ0n) is 14.4. The molecule has 0 unspecified atom stereocenters. The fourth-order valence-corrected chi connectivity index (χ4v) is 3.41. The molecule has 1 aliphatic heterocycles. The first-order chi connectivity index (χ1) is 12.7.